The molecule has 0 heterocycles. The lowest BCUT2D eigenvalue weighted by molar-refractivity contribution is -0.149. The number of hydrogen-bond acceptors (Lipinski definition) is 2. The van der Waals surface area contributed by atoms with Gasteiger partial charge in [-0.3, -0.25) is 4.79 Å². The first-order valence-corrected chi connectivity index (χ1v) is 24.9. The molecular weight excluding hydrogens is 633 g/mol. The number of unbranched alkanes of at least 4 members (excludes halogenated alkanes) is 39. The molecule has 0 saturated heterocycles. The van der Waals surface area contributed by atoms with Crippen molar-refractivity contribution in [3.8, 4) is 0 Å². The van der Waals surface area contributed by atoms with E-state index in [0.717, 1.165) is 19.3 Å². The van der Waals surface area contributed by atoms with Crippen molar-refractivity contribution in [3.05, 3.63) is 0 Å². The standard InChI is InChI=1S/C50H100O2/c1-4-7-10-13-16-19-22-25-26-27-28-29-30-32-35-38-41-44-47-49(46-43-40-37-34-31-23-20-17-14-11-8-5-2)50(51)52-48-45-42-39-36-33-24-21-18-15-12-9-6-3/h49H,4-48H2,1-3H3. The smallest absolute Gasteiger partial charge is 0.308 e. The van der Waals surface area contributed by atoms with E-state index in [9.17, 15) is 4.79 Å². The van der Waals surface area contributed by atoms with E-state index in [-0.39, 0.29) is 11.9 Å². The number of ether oxygens (including phenoxy) is 1. The van der Waals surface area contributed by atoms with Gasteiger partial charge in [0.25, 0.3) is 0 Å². The Morgan fingerprint density at radius 3 is 0.712 bits per heavy atom. The van der Waals surface area contributed by atoms with Crippen molar-refractivity contribution in [2.24, 2.45) is 5.92 Å². The van der Waals surface area contributed by atoms with Gasteiger partial charge in [-0.05, 0) is 19.3 Å². The summed E-state index contributed by atoms with van der Waals surface area (Å²) in [5.74, 6) is 0.264. The third kappa shape index (κ3) is 42.2. The van der Waals surface area contributed by atoms with Crippen LogP contribution in [0, 0.1) is 5.92 Å². The molecule has 0 radical (unpaired) electrons. The summed E-state index contributed by atoms with van der Waals surface area (Å²) in [4.78, 5) is 13.2. The molecule has 0 amide bonds. The molecule has 0 spiro atoms. The molecule has 0 fully saturated rings. The minimum atomic E-state index is 0.123. The summed E-state index contributed by atoms with van der Waals surface area (Å²) in [5, 5.41) is 0. The van der Waals surface area contributed by atoms with Crippen molar-refractivity contribution in [3.63, 3.8) is 0 Å². The lowest BCUT2D eigenvalue weighted by Gasteiger charge is -2.16. The zero-order valence-corrected chi connectivity index (χ0v) is 36.7. The van der Waals surface area contributed by atoms with Crippen LogP contribution in [0.25, 0.3) is 0 Å². The fourth-order valence-electron chi connectivity index (χ4n) is 8.14. The minimum Gasteiger partial charge on any atom is -0.465 e. The molecule has 0 bridgehead atoms. The van der Waals surface area contributed by atoms with Crippen LogP contribution in [-0.2, 0) is 9.53 Å². The Morgan fingerprint density at radius 2 is 0.481 bits per heavy atom. The highest BCUT2D eigenvalue weighted by Gasteiger charge is 2.19. The average molecular weight is 733 g/mol. The van der Waals surface area contributed by atoms with E-state index in [1.54, 1.807) is 0 Å². The van der Waals surface area contributed by atoms with Crippen LogP contribution in [0.5, 0.6) is 0 Å². The molecule has 312 valence electrons. The first-order chi connectivity index (χ1) is 25.8. The maximum atomic E-state index is 13.2. The SMILES string of the molecule is CCCCCCCCCCCCCCCCCCCCC(CCCCCCCCCCCCCC)C(=O)OCCCCCCCCCCCCCC. The first kappa shape index (κ1) is 51.5. The van der Waals surface area contributed by atoms with Crippen molar-refractivity contribution in [1.82, 2.24) is 0 Å². The largest absolute Gasteiger partial charge is 0.465 e. The zero-order valence-electron chi connectivity index (χ0n) is 36.7. The Hall–Kier alpha value is -0.530. The summed E-state index contributed by atoms with van der Waals surface area (Å²) in [6.07, 6.45) is 60.1. The van der Waals surface area contributed by atoms with E-state index in [1.807, 2.05) is 0 Å². The Balaban J connectivity index is 4.03. The van der Waals surface area contributed by atoms with E-state index in [4.69, 9.17) is 4.74 Å². The van der Waals surface area contributed by atoms with Crippen LogP contribution in [0.15, 0.2) is 0 Å². The van der Waals surface area contributed by atoms with E-state index in [2.05, 4.69) is 20.8 Å². The summed E-state index contributed by atoms with van der Waals surface area (Å²) in [6.45, 7) is 7.54. The molecule has 0 aromatic rings. The van der Waals surface area contributed by atoms with Crippen molar-refractivity contribution in [2.75, 3.05) is 6.61 Å². The Bertz CT molecular complexity index is 644. The molecule has 2 heteroatoms. The van der Waals surface area contributed by atoms with Crippen molar-refractivity contribution < 1.29 is 9.53 Å². The van der Waals surface area contributed by atoms with Gasteiger partial charge in [0, 0.05) is 0 Å². The lowest BCUT2D eigenvalue weighted by Crippen LogP contribution is -2.18. The van der Waals surface area contributed by atoms with Crippen molar-refractivity contribution in [1.29, 1.82) is 0 Å². The van der Waals surface area contributed by atoms with Gasteiger partial charge in [-0.2, -0.15) is 0 Å². The average Bonchev–Trinajstić information content (AvgIpc) is 3.15. The molecule has 1 atom stereocenters. The van der Waals surface area contributed by atoms with Crippen LogP contribution in [0.4, 0.5) is 0 Å². The summed E-state index contributed by atoms with van der Waals surface area (Å²) in [7, 11) is 0. The van der Waals surface area contributed by atoms with Gasteiger partial charge in [0.05, 0.1) is 12.5 Å². The number of carbonyl (C=O) groups is 1. The molecule has 0 rings (SSSR count). The highest BCUT2D eigenvalue weighted by atomic mass is 16.5. The summed E-state index contributed by atoms with van der Waals surface area (Å²) in [6, 6.07) is 0. The van der Waals surface area contributed by atoms with Gasteiger partial charge in [0.1, 0.15) is 0 Å². The molecule has 0 aromatic heterocycles. The second-order valence-corrected chi connectivity index (χ2v) is 17.2. The van der Waals surface area contributed by atoms with Crippen LogP contribution < -0.4 is 0 Å². The van der Waals surface area contributed by atoms with Gasteiger partial charge in [-0.15, -0.1) is 0 Å². The predicted molar refractivity (Wildman–Crippen MR) is 235 cm³/mol. The molecule has 0 aliphatic heterocycles. The summed E-state index contributed by atoms with van der Waals surface area (Å²) < 4.78 is 5.90. The van der Waals surface area contributed by atoms with Crippen LogP contribution in [0.2, 0.25) is 0 Å². The molecule has 1 unspecified atom stereocenters. The quantitative estimate of drug-likeness (QED) is 0.0460. The predicted octanol–water partition coefficient (Wildman–Crippen LogP) is 18.4. The highest BCUT2D eigenvalue weighted by molar-refractivity contribution is 5.72. The fraction of sp³-hybridized carbons (Fsp3) is 0.980. The first-order valence-electron chi connectivity index (χ1n) is 24.9. The summed E-state index contributed by atoms with van der Waals surface area (Å²) >= 11 is 0. The molecular formula is C50H100O2. The van der Waals surface area contributed by atoms with Crippen molar-refractivity contribution >= 4 is 5.97 Å². The third-order valence-electron chi connectivity index (χ3n) is 11.9. The highest BCUT2D eigenvalue weighted by Crippen LogP contribution is 2.22. The minimum absolute atomic E-state index is 0.123. The molecule has 0 N–H and O–H groups in total. The van der Waals surface area contributed by atoms with E-state index >= 15 is 0 Å². The second kappa shape index (κ2) is 46.6. The van der Waals surface area contributed by atoms with Crippen LogP contribution >= 0.6 is 0 Å². The van der Waals surface area contributed by atoms with Crippen LogP contribution in [0.1, 0.15) is 303 Å². The summed E-state index contributed by atoms with van der Waals surface area (Å²) in [5.41, 5.74) is 0. The zero-order chi connectivity index (χ0) is 37.7. The molecule has 2 nitrogen and oxygen atoms in total. The van der Waals surface area contributed by atoms with Gasteiger partial charge in [-0.1, -0.05) is 284 Å². The van der Waals surface area contributed by atoms with Gasteiger partial charge in [0.15, 0.2) is 0 Å². The van der Waals surface area contributed by atoms with Gasteiger partial charge >= 0.3 is 5.97 Å². The monoisotopic (exact) mass is 733 g/mol. The maximum Gasteiger partial charge on any atom is 0.308 e. The molecule has 0 aliphatic carbocycles. The molecule has 0 aliphatic rings. The van der Waals surface area contributed by atoms with Gasteiger partial charge in [-0.25, -0.2) is 0 Å². The Kier molecular flexibility index (Phi) is 46.1. The van der Waals surface area contributed by atoms with Gasteiger partial charge in [0.2, 0.25) is 0 Å². The van der Waals surface area contributed by atoms with Crippen molar-refractivity contribution in [2.45, 2.75) is 303 Å². The Labute approximate surface area is 330 Å². The second-order valence-electron chi connectivity index (χ2n) is 17.2. The number of carbonyl (C=O) groups excluding carboxylic acids is 1. The lowest BCUT2D eigenvalue weighted by atomic mass is 9.94. The van der Waals surface area contributed by atoms with E-state index in [0.29, 0.717) is 6.61 Å². The van der Waals surface area contributed by atoms with E-state index in [1.165, 1.54) is 263 Å². The van der Waals surface area contributed by atoms with Crippen LogP contribution in [-0.4, -0.2) is 12.6 Å². The number of esters is 1. The number of rotatable bonds is 46. The molecule has 0 saturated carbocycles. The Morgan fingerprint density at radius 1 is 0.288 bits per heavy atom. The number of hydrogen-bond donors (Lipinski definition) is 0. The molecule has 0 aromatic carbocycles. The maximum absolute atomic E-state index is 13.2. The topological polar surface area (TPSA) is 26.3 Å². The van der Waals surface area contributed by atoms with Crippen LogP contribution in [0.3, 0.4) is 0 Å². The molecule has 52 heavy (non-hydrogen) atoms. The van der Waals surface area contributed by atoms with E-state index < -0.39 is 0 Å². The fourth-order valence-corrected chi connectivity index (χ4v) is 8.14. The normalized spacial score (nSPS) is 12.1. The third-order valence-corrected chi connectivity index (χ3v) is 11.9. The van der Waals surface area contributed by atoms with Gasteiger partial charge < -0.3 is 4.74 Å².